The van der Waals surface area contributed by atoms with Crippen LogP contribution in [-0.4, -0.2) is 26.9 Å². The number of benzene rings is 1. The molecule has 1 saturated heterocycles. The molecule has 2 rings (SSSR count). The molecule has 1 unspecified atom stereocenters. The van der Waals surface area contributed by atoms with Crippen LogP contribution in [0.1, 0.15) is 50.3 Å². The molecule has 5 nitrogen and oxygen atoms in total. The summed E-state index contributed by atoms with van der Waals surface area (Å²) < 4.78 is 28.3. The summed E-state index contributed by atoms with van der Waals surface area (Å²) in [4.78, 5) is 11.5. The highest BCUT2D eigenvalue weighted by molar-refractivity contribution is 7.89. The van der Waals surface area contributed by atoms with Crippen molar-refractivity contribution in [2.75, 3.05) is 6.54 Å². The Balaban J connectivity index is 2.31. The Bertz CT molecular complexity index is 685. The fraction of sp³-hybridized carbons (Fsp3) is 0.588. The number of hydrogen-bond acceptors (Lipinski definition) is 3. The summed E-state index contributed by atoms with van der Waals surface area (Å²) in [6.45, 7) is 10.3. The molecule has 1 aromatic rings. The molecule has 23 heavy (non-hydrogen) atoms. The van der Waals surface area contributed by atoms with Crippen molar-refractivity contribution in [3.63, 3.8) is 0 Å². The van der Waals surface area contributed by atoms with Gasteiger partial charge in [0.05, 0.1) is 4.90 Å². The molecule has 1 aliphatic rings. The number of hydrogen-bond donors (Lipinski definition) is 2. The number of carbonyl (C=O) groups excluding carboxylic acids is 1. The molecule has 2 N–H and O–H groups in total. The van der Waals surface area contributed by atoms with E-state index in [0.717, 1.165) is 16.7 Å². The van der Waals surface area contributed by atoms with Gasteiger partial charge in [-0.2, -0.15) is 0 Å². The first-order chi connectivity index (χ1) is 10.5. The van der Waals surface area contributed by atoms with Crippen LogP contribution in [0.4, 0.5) is 0 Å². The number of rotatable bonds is 3. The van der Waals surface area contributed by atoms with Crippen LogP contribution >= 0.6 is 0 Å². The normalized spacial score (nSPS) is 19.5. The molecule has 1 amide bonds. The molecule has 0 saturated carbocycles. The Morgan fingerprint density at radius 3 is 2.17 bits per heavy atom. The fourth-order valence-electron chi connectivity index (χ4n) is 2.92. The van der Waals surface area contributed by atoms with Crippen molar-refractivity contribution < 1.29 is 13.2 Å². The van der Waals surface area contributed by atoms with Crippen LogP contribution in [0.25, 0.3) is 0 Å². The zero-order valence-corrected chi connectivity index (χ0v) is 15.3. The number of amides is 1. The lowest BCUT2D eigenvalue weighted by Gasteiger charge is -2.25. The number of aryl methyl sites for hydroxylation is 2. The van der Waals surface area contributed by atoms with Gasteiger partial charge in [0.1, 0.15) is 0 Å². The third-order valence-corrected chi connectivity index (χ3v) is 6.01. The first-order valence-corrected chi connectivity index (χ1v) is 9.40. The summed E-state index contributed by atoms with van der Waals surface area (Å²) in [5.41, 5.74) is 2.60. The molecule has 1 heterocycles. The van der Waals surface area contributed by atoms with Crippen LogP contribution in [0, 0.1) is 13.8 Å². The van der Waals surface area contributed by atoms with Crippen LogP contribution in [0.3, 0.4) is 0 Å². The molecule has 0 radical (unpaired) electrons. The Morgan fingerprint density at radius 2 is 1.74 bits per heavy atom. The maximum absolute atomic E-state index is 12.8. The minimum Gasteiger partial charge on any atom is -0.355 e. The minimum absolute atomic E-state index is 0.0256. The number of sulfonamides is 1. The Morgan fingerprint density at radius 1 is 1.17 bits per heavy atom. The van der Waals surface area contributed by atoms with Crippen molar-refractivity contribution in [3.8, 4) is 0 Å². The van der Waals surface area contributed by atoms with Gasteiger partial charge >= 0.3 is 0 Å². The molecule has 0 bridgehead atoms. The lowest BCUT2D eigenvalue weighted by Crippen LogP contribution is -2.47. The SMILES string of the molecule is Cc1cc(C(C)(C)C)cc(C)c1S(=O)(=O)NC1CCC(=O)NC1. The minimum atomic E-state index is -3.60. The van der Waals surface area contributed by atoms with E-state index in [4.69, 9.17) is 0 Å². The van der Waals surface area contributed by atoms with Crippen LogP contribution in [0.5, 0.6) is 0 Å². The topological polar surface area (TPSA) is 75.3 Å². The standard InChI is InChI=1S/C17H26N2O3S/c1-11-8-13(17(3,4)5)9-12(2)16(11)23(21,22)19-14-6-7-15(20)18-10-14/h8-9,14,19H,6-7,10H2,1-5H3,(H,18,20). The molecule has 1 aromatic carbocycles. The van der Waals surface area contributed by atoms with E-state index in [1.807, 2.05) is 26.0 Å². The Kier molecular flexibility index (Phi) is 4.87. The molecule has 6 heteroatoms. The summed E-state index contributed by atoms with van der Waals surface area (Å²) in [5, 5.41) is 2.70. The Labute approximate surface area is 138 Å². The summed E-state index contributed by atoms with van der Waals surface area (Å²) in [6.07, 6.45) is 0.886. The molecule has 0 aromatic heterocycles. The maximum atomic E-state index is 12.8. The molecule has 128 valence electrons. The highest BCUT2D eigenvalue weighted by Crippen LogP contribution is 2.29. The smallest absolute Gasteiger partial charge is 0.241 e. The van der Waals surface area contributed by atoms with E-state index in [2.05, 4.69) is 30.8 Å². The van der Waals surface area contributed by atoms with Crippen LogP contribution in [0.2, 0.25) is 0 Å². The fourth-order valence-corrected chi connectivity index (χ4v) is 4.64. The molecular formula is C17H26N2O3S. The lowest BCUT2D eigenvalue weighted by molar-refractivity contribution is -0.122. The maximum Gasteiger partial charge on any atom is 0.241 e. The van der Waals surface area contributed by atoms with Gasteiger partial charge in [0.15, 0.2) is 0 Å². The predicted octanol–water partition coefficient (Wildman–Crippen LogP) is 2.16. The van der Waals surface area contributed by atoms with E-state index in [9.17, 15) is 13.2 Å². The molecule has 0 aliphatic carbocycles. The average molecular weight is 338 g/mol. The first kappa shape index (κ1) is 17.9. The number of piperidine rings is 1. The lowest BCUT2D eigenvalue weighted by atomic mass is 9.85. The van der Waals surface area contributed by atoms with E-state index in [1.54, 1.807) is 0 Å². The third kappa shape index (κ3) is 4.12. The molecule has 0 spiro atoms. The van der Waals surface area contributed by atoms with Crippen molar-refractivity contribution in [3.05, 3.63) is 28.8 Å². The van der Waals surface area contributed by atoms with Crippen LogP contribution in [0.15, 0.2) is 17.0 Å². The van der Waals surface area contributed by atoms with Gasteiger partial charge in [-0.15, -0.1) is 0 Å². The quantitative estimate of drug-likeness (QED) is 0.887. The predicted molar refractivity (Wildman–Crippen MR) is 91.0 cm³/mol. The van der Waals surface area contributed by atoms with Crippen LogP contribution < -0.4 is 10.0 Å². The number of nitrogens with one attached hydrogen (secondary N) is 2. The zero-order chi connectivity index (χ0) is 17.4. The van der Waals surface area contributed by atoms with Crippen molar-refractivity contribution >= 4 is 15.9 Å². The van der Waals surface area contributed by atoms with Crippen LogP contribution in [-0.2, 0) is 20.2 Å². The van der Waals surface area contributed by atoms with Gasteiger partial charge in [-0.25, -0.2) is 13.1 Å². The highest BCUT2D eigenvalue weighted by Gasteiger charge is 2.27. The average Bonchev–Trinajstić information content (AvgIpc) is 2.39. The van der Waals surface area contributed by atoms with Crippen molar-refractivity contribution in [1.29, 1.82) is 0 Å². The van der Waals surface area contributed by atoms with E-state index < -0.39 is 10.0 Å². The van der Waals surface area contributed by atoms with Crippen molar-refractivity contribution in [1.82, 2.24) is 10.0 Å². The monoisotopic (exact) mass is 338 g/mol. The molecule has 1 atom stereocenters. The van der Waals surface area contributed by atoms with E-state index >= 15 is 0 Å². The zero-order valence-electron chi connectivity index (χ0n) is 14.5. The van der Waals surface area contributed by atoms with Gasteiger partial charge in [-0.1, -0.05) is 32.9 Å². The van der Waals surface area contributed by atoms with Gasteiger partial charge < -0.3 is 5.32 Å². The van der Waals surface area contributed by atoms with Crippen molar-refractivity contribution in [2.45, 2.75) is 63.8 Å². The second-order valence-electron chi connectivity index (χ2n) is 7.35. The van der Waals surface area contributed by atoms with Crippen molar-refractivity contribution in [2.24, 2.45) is 0 Å². The van der Waals surface area contributed by atoms with E-state index in [-0.39, 0.29) is 17.4 Å². The molecule has 1 fully saturated rings. The molecular weight excluding hydrogens is 312 g/mol. The second kappa shape index (κ2) is 6.24. The van der Waals surface area contributed by atoms with Gasteiger partial charge in [0.2, 0.25) is 15.9 Å². The first-order valence-electron chi connectivity index (χ1n) is 7.91. The van der Waals surface area contributed by atoms with E-state index in [0.29, 0.717) is 24.3 Å². The van der Waals surface area contributed by atoms with Gasteiger partial charge in [0.25, 0.3) is 0 Å². The van der Waals surface area contributed by atoms with Gasteiger partial charge in [-0.05, 0) is 42.4 Å². The summed E-state index contributed by atoms with van der Waals surface area (Å²) in [5.74, 6) is -0.0256. The molecule has 1 aliphatic heterocycles. The third-order valence-electron chi connectivity index (χ3n) is 4.18. The summed E-state index contributed by atoms with van der Waals surface area (Å²) >= 11 is 0. The Hall–Kier alpha value is -1.40. The summed E-state index contributed by atoms with van der Waals surface area (Å²) in [6, 6.07) is 3.65. The largest absolute Gasteiger partial charge is 0.355 e. The van der Waals surface area contributed by atoms with Gasteiger partial charge in [-0.3, -0.25) is 4.79 Å². The summed E-state index contributed by atoms with van der Waals surface area (Å²) in [7, 11) is -3.60. The number of carbonyl (C=O) groups is 1. The second-order valence-corrected chi connectivity index (χ2v) is 9.00. The highest BCUT2D eigenvalue weighted by atomic mass is 32.2. The van der Waals surface area contributed by atoms with E-state index in [1.165, 1.54) is 0 Å². The van der Waals surface area contributed by atoms with Gasteiger partial charge in [0, 0.05) is 19.0 Å².